The quantitative estimate of drug-likeness (QED) is 0.868. The summed E-state index contributed by atoms with van der Waals surface area (Å²) in [5, 5.41) is 3.15. The predicted octanol–water partition coefficient (Wildman–Crippen LogP) is 3.32. The zero-order valence-electron chi connectivity index (χ0n) is 15.4. The molecule has 0 radical (unpaired) electrons. The van der Waals surface area contributed by atoms with Gasteiger partial charge in [0.2, 0.25) is 5.91 Å². The largest absolute Gasteiger partial charge is 0.306 e. The maximum atomic E-state index is 13.8. The third kappa shape index (κ3) is 4.12. The number of nitrogens with zero attached hydrogens (tertiary/aromatic N) is 3. The van der Waals surface area contributed by atoms with Crippen LogP contribution >= 0.6 is 11.3 Å². The van der Waals surface area contributed by atoms with Crippen LogP contribution in [0.1, 0.15) is 25.7 Å². The molecule has 8 heteroatoms. The van der Waals surface area contributed by atoms with Crippen molar-refractivity contribution in [2.75, 3.05) is 38.5 Å². The van der Waals surface area contributed by atoms with Crippen molar-refractivity contribution >= 4 is 32.6 Å². The summed E-state index contributed by atoms with van der Waals surface area (Å²) in [5.74, 6) is -1.50. The van der Waals surface area contributed by atoms with Crippen LogP contribution in [0.15, 0.2) is 12.1 Å². The highest BCUT2D eigenvalue weighted by molar-refractivity contribution is 7.22. The van der Waals surface area contributed by atoms with E-state index in [1.165, 1.54) is 6.07 Å². The van der Waals surface area contributed by atoms with Crippen molar-refractivity contribution in [3.05, 3.63) is 23.8 Å². The minimum absolute atomic E-state index is 0.0763. The van der Waals surface area contributed by atoms with E-state index in [2.05, 4.69) is 27.1 Å². The molecule has 1 aromatic carbocycles. The van der Waals surface area contributed by atoms with Crippen molar-refractivity contribution in [2.45, 2.75) is 31.7 Å². The number of anilines is 1. The Morgan fingerprint density at radius 1 is 1.22 bits per heavy atom. The normalized spacial score (nSPS) is 23.0. The van der Waals surface area contributed by atoms with Gasteiger partial charge in [0.25, 0.3) is 0 Å². The summed E-state index contributed by atoms with van der Waals surface area (Å²) in [6.45, 7) is 4.01. The van der Waals surface area contributed by atoms with Gasteiger partial charge in [-0.05, 0) is 58.4 Å². The van der Waals surface area contributed by atoms with E-state index >= 15 is 0 Å². The number of fused-ring (bicyclic) bond motifs is 1. The summed E-state index contributed by atoms with van der Waals surface area (Å²) < 4.78 is 27.6. The maximum Gasteiger partial charge on any atom is 0.230 e. The summed E-state index contributed by atoms with van der Waals surface area (Å²) in [5.41, 5.74) is 0.105. The van der Waals surface area contributed by atoms with E-state index in [1.54, 1.807) is 0 Å². The topological polar surface area (TPSA) is 48.5 Å². The van der Waals surface area contributed by atoms with Gasteiger partial charge < -0.3 is 10.2 Å². The fourth-order valence-electron chi connectivity index (χ4n) is 4.13. The second kappa shape index (κ2) is 7.77. The number of aromatic nitrogens is 1. The molecule has 1 atom stereocenters. The number of nitrogens with one attached hydrogen (secondary N) is 1. The summed E-state index contributed by atoms with van der Waals surface area (Å²) in [7, 11) is 2.15. The van der Waals surface area contributed by atoms with Crippen molar-refractivity contribution in [1.82, 2.24) is 14.8 Å². The molecule has 0 aliphatic carbocycles. The molecule has 1 N–H and O–H groups in total. The van der Waals surface area contributed by atoms with Crippen molar-refractivity contribution < 1.29 is 13.6 Å². The third-order valence-corrected chi connectivity index (χ3v) is 6.59. The van der Waals surface area contributed by atoms with Gasteiger partial charge >= 0.3 is 0 Å². The van der Waals surface area contributed by atoms with Gasteiger partial charge in [-0.3, -0.25) is 9.69 Å². The summed E-state index contributed by atoms with van der Waals surface area (Å²) in [4.78, 5) is 21.7. The van der Waals surface area contributed by atoms with Crippen LogP contribution in [0, 0.1) is 17.6 Å². The second-order valence-electron chi connectivity index (χ2n) is 7.61. The fraction of sp³-hybridized carbons (Fsp3) is 0.579. The highest BCUT2D eigenvalue weighted by atomic mass is 32.1. The number of piperidine rings is 2. The van der Waals surface area contributed by atoms with E-state index in [1.807, 2.05) is 0 Å². The number of rotatable bonds is 3. The predicted molar refractivity (Wildman–Crippen MR) is 103 cm³/mol. The van der Waals surface area contributed by atoms with Crippen molar-refractivity contribution in [1.29, 1.82) is 0 Å². The molecule has 1 aromatic heterocycles. The molecule has 0 bridgehead atoms. The molecule has 2 saturated heterocycles. The molecule has 3 heterocycles. The first-order chi connectivity index (χ1) is 13.0. The van der Waals surface area contributed by atoms with Gasteiger partial charge in [0.05, 0.1) is 10.6 Å². The first kappa shape index (κ1) is 18.7. The maximum absolute atomic E-state index is 13.8. The number of halogens is 2. The van der Waals surface area contributed by atoms with Crippen LogP contribution < -0.4 is 5.32 Å². The van der Waals surface area contributed by atoms with E-state index in [0.29, 0.717) is 15.9 Å². The van der Waals surface area contributed by atoms with Crippen molar-refractivity contribution in [2.24, 2.45) is 5.92 Å². The van der Waals surface area contributed by atoms with Gasteiger partial charge in [0, 0.05) is 18.7 Å². The molecular formula is C19H24F2N4OS. The standard InChI is InChI=1S/C19H24F2N4OS/c1-24-7-4-14(5-8-24)25-6-2-3-12(11-25)18(26)23-19-22-17-15(21)9-13(20)10-16(17)27-19/h9-10,12,14H,2-8,11H2,1H3,(H,22,23,26). The third-order valence-electron chi connectivity index (χ3n) is 5.67. The molecule has 2 fully saturated rings. The van der Waals surface area contributed by atoms with Crippen LogP contribution in [0.25, 0.3) is 10.2 Å². The van der Waals surface area contributed by atoms with Gasteiger partial charge in [-0.1, -0.05) is 11.3 Å². The average molecular weight is 394 g/mol. The number of thiazole rings is 1. The van der Waals surface area contributed by atoms with E-state index in [9.17, 15) is 13.6 Å². The lowest BCUT2D eigenvalue weighted by Crippen LogP contribution is -2.49. The van der Waals surface area contributed by atoms with Gasteiger partial charge in [0.15, 0.2) is 10.9 Å². The Hall–Kier alpha value is -1.64. The highest BCUT2D eigenvalue weighted by Crippen LogP contribution is 2.30. The lowest BCUT2D eigenvalue weighted by Gasteiger charge is -2.41. The smallest absolute Gasteiger partial charge is 0.230 e. The van der Waals surface area contributed by atoms with Crippen molar-refractivity contribution in [3.8, 4) is 0 Å². The molecule has 0 saturated carbocycles. The number of benzene rings is 1. The van der Waals surface area contributed by atoms with E-state index in [4.69, 9.17) is 0 Å². The zero-order chi connectivity index (χ0) is 19.0. The SMILES string of the molecule is CN1CCC(N2CCCC(C(=O)Nc3nc4c(F)cc(F)cc4s3)C2)CC1. The first-order valence-corrected chi connectivity index (χ1v) is 10.3. The molecular weight excluding hydrogens is 370 g/mol. The molecule has 0 spiro atoms. The first-order valence-electron chi connectivity index (χ1n) is 9.48. The average Bonchev–Trinajstić information content (AvgIpc) is 3.05. The molecule has 2 aromatic rings. The Bertz CT molecular complexity index is 834. The molecule has 1 amide bonds. The zero-order valence-corrected chi connectivity index (χ0v) is 16.2. The Morgan fingerprint density at radius 2 is 2.00 bits per heavy atom. The molecule has 2 aliphatic heterocycles. The molecule has 27 heavy (non-hydrogen) atoms. The minimum Gasteiger partial charge on any atom is -0.306 e. The van der Waals surface area contributed by atoms with Crippen LogP contribution in [0.5, 0.6) is 0 Å². The minimum atomic E-state index is -0.701. The highest BCUT2D eigenvalue weighted by Gasteiger charge is 2.31. The van der Waals surface area contributed by atoms with Gasteiger partial charge in [-0.2, -0.15) is 0 Å². The number of hydrogen-bond donors (Lipinski definition) is 1. The van der Waals surface area contributed by atoms with Crippen LogP contribution in [0.3, 0.4) is 0 Å². The van der Waals surface area contributed by atoms with Gasteiger partial charge in [-0.25, -0.2) is 13.8 Å². The van der Waals surface area contributed by atoms with Crippen LogP contribution in [-0.4, -0.2) is 60.0 Å². The van der Waals surface area contributed by atoms with Gasteiger partial charge in [0.1, 0.15) is 11.3 Å². The Morgan fingerprint density at radius 3 is 2.78 bits per heavy atom. The number of carbonyl (C=O) groups excluding carboxylic acids is 1. The number of hydrogen-bond acceptors (Lipinski definition) is 5. The number of amides is 1. The van der Waals surface area contributed by atoms with E-state index in [-0.39, 0.29) is 17.3 Å². The lowest BCUT2D eigenvalue weighted by atomic mass is 9.93. The molecule has 5 nitrogen and oxygen atoms in total. The summed E-state index contributed by atoms with van der Waals surface area (Å²) >= 11 is 1.10. The number of carbonyl (C=O) groups is 1. The summed E-state index contributed by atoms with van der Waals surface area (Å²) in [6.07, 6.45) is 4.15. The van der Waals surface area contributed by atoms with Gasteiger partial charge in [-0.15, -0.1) is 0 Å². The summed E-state index contributed by atoms with van der Waals surface area (Å²) in [6, 6.07) is 2.61. The van der Waals surface area contributed by atoms with Crippen LogP contribution in [-0.2, 0) is 4.79 Å². The van der Waals surface area contributed by atoms with Crippen LogP contribution in [0.2, 0.25) is 0 Å². The van der Waals surface area contributed by atoms with Crippen molar-refractivity contribution in [3.63, 3.8) is 0 Å². The molecule has 4 rings (SSSR count). The lowest BCUT2D eigenvalue weighted by molar-refractivity contribution is -0.122. The monoisotopic (exact) mass is 394 g/mol. The molecule has 1 unspecified atom stereocenters. The number of likely N-dealkylation sites (tertiary alicyclic amines) is 2. The van der Waals surface area contributed by atoms with Crippen LogP contribution in [0.4, 0.5) is 13.9 Å². The van der Waals surface area contributed by atoms with E-state index in [0.717, 1.165) is 69.3 Å². The molecule has 146 valence electrons. The Kier molecular flexibility index (Phi) is 5.39. The second-order valence-corrected chi connectivity index (χ2v) is 8.64. The van der Waals surface area contributed by atoms with E-state index < -0.39 is 11.6 Å². The Balaban J connectivity index is 1.41. The molecule has 2 aliphatic rings. The fourth-order valence-corrected chi connectivity index (χ4v) is 5.04. The Labute approximate surface area is 161 Å².